The van der Waals surface area contributed by atoms with Crippen molar-refractivity contribution in [3.63, 3.8) is 0 Å². The molecule has 0 bridgehead atoms. The van der Waals surface area contributed by atoms with Crippen LogP contribution in [0.15, 0.2) is 12.7 Å². The van der Waals surface area contributed by atoms with Crippen LogP contribution in [0, 0.1) is 19.3 Å². The molecular weight excluding hydrogens is 332 g/mol. The van der Waals surface area contributed by atoms with Crippen molar-refractivity contribution >= 4 is 17.7 Å². The van der Waals surface area contributed by atoms with E-state index in [4.69, 9.17) is 4.74 Å². The summed E-state index contributed by atoms with van der Waals surface area (Å²) < 4.78 is 6.48. The van der Waals surface area contributed by atoms with Crippen molar-refractivity contribution < 1.29 is 19.1 Å². The molecule has 144 valence electrons. The molecule has 0 radical (unpaired) electrons. The second-order valence-electron chi connectivity index (χ2n) is 7.52. The molecule has 1 aromatic rings. The van der Waals surface area contributed by atoms with Crippen LogP contribution in [0.1, 0.15) is 59.8 Å². The minimum absolute atomic E-state index is 0.127. The second-order valence-corrected chi connectivity index (χ2v) is 7.52. The van der Waals surface area contributed by atoms with Crippen LogP contribution >= 0.6 is 0 Å². The van der Waals surface area contributed by atoms with E-state index in [1.807, 2.05) is 20.8 Å². The lowest BCUT2D eigenvalue weighted by Crippen LogP contribution is -2.48. The third kappa shape index (κ3) is 3.89. The standard InChI is InChI=1S/C20H30N2O4/c1-10-11-22(19(25)20(5,6)7)14(4)17(23)15-12(2)16(18(24)26-9)21(8)13(15)3/h10,14H,1,11H2,2-9H3/t14-/m0/s1. The van der Waals surface area contributed by atoms with Crippen molar-refractivity contribution in [1.29, 1.82) is 0 Å². The summed E-state index contributed by atoms with van der Waals surface area (Å²) in [4.78, 5) is 39.6. The minimum Gasteiger partial charge on any atom is -0.464 e. The number of carbonyl (C=O) groups excluding carboxylic acids is 3. The summed E-state index contributed by atoms with van der Waals surface area (Å²) in [5.41, 5.74) is 1.42. The Bertz CT molecular complexity index is 738. The molecule has 0 saturated heterocycles. The number of ether oxygens (including phenoxy) is 1. The van der Waals surface area contributed by atoms with E-state index in [9.17, 15) is 14.4 Å². The highest BCUT2D eigenvalue weighted by Gasteiger charge is 2.35. The van der Waals surface area contributed by atoms with Crippen LogP contribution in [-0.2, 0) is 16.6 Å². The number of methoxy groups -OCH3 is 1. The zero-order valence-electron chi connectivity index (χ0n) is 17.1. The maximum absolute atomic E-state index is 13.2. The van der Waals surface area contributed by atoms with Gasteiger partial charge in [0, 0.05) is 30.3 Å². The molecule has 0 aromatic carbocycles. The van der Waals surface area contributed by atoms with E-state index < -0.39 is 17.4 Å². The van der Waals surface area contributed by atoms with Gasteiger partial charge in [0.1, 0.15) is 5.69 Å². The minimum atomic E-state index is -0.676. The lowest BCUT2D eigenvalue weighted by molar-refractivity contribution is -0.140. The molecule has 6 heteroatoms. The lowest BCUT2D eigenvalue weighted by Gasteiger charge is -2.33. The summed E-state index contributed by atoms with van der Waals surface area (Å²) in [6.07, 6.45) is 1.61. The molecule has 6 nitrogen and oxygen atoms in total. The first-order chi connectivity index (χ1) is 11.9. The Hall–Kier alpha value is -2.37. The molecule has 0 aliphatic carbocycles. The predicted octanol–water partition coefficient (Wildman–Crippen LogP) is 3.06. The number of hydrogen-bond acceptors (Lipinski definition) is 4. The Morgan fingerprint density at radius 2 is 1.81 bits per heavy atom. The van der Waals surface area contributed by atoms with Crippen LogP contribution in [0.5, 0.6) is 0 Å². The van der Waals surface area contributed by atoms with Gasteiger partial charge in [0.2, 0.25) is 5.91 Å². The van der Waals surface area contributed by atoms with E-state index >= 15 is 0 Å². The number of rotatable bonds is 6. The topological polar surface area (TPSA) is 68.6 Å². The first kappa shape index (κ1) is 21.7. The van der Waals surface area contributed by atoms with E-state index in [-0.39, 0.29) is 18.2 Å². The van der Waals surface area contributed by atoms with Crippen LogP contribution < -0.4 is 0 Å². The van der Waals surface area contributed by atoms with Gasteiger partial charge in [-0.25, -0.2) is 4.79 Å². The van der Waals surface area contributed by atoms with Gasteiger partial charge in [-0.1, -0.05) is 26.8 Å². The molecule has 0 N–H and O–H groups in total. The van der Waals surface area contributed by atoms with E-state index in [0.717, 1.165) is 0 Å². The van der Waals surface area contributed by atoms with Crippen LogP contribution in [0.2, 0.25) is 0 Å². The van der Waals surface area contributed by atoms with Gasteiger partial charge in [0.15, 0.2) is 5.78 Å². The molecule has 1 rings (SSSR count). The van der Waals surface area contributed by atoms with Gasteiger partial charge in [0.25, 0.3) is 0 Å². The molecular formula is C20H30N2O4. The molecule has 26 heavy (non-hydrogen) atoms. The first-order valence-corrected chi connectivity index (χ1v) is 8.60. The van der Waals surface area contributed by atoms with Crippen LogP contribution in [-0.4, -0.2) is 46.8 Å². The van der Waals surface area contributed by atoms with Gasteiger partial charge in [-0.15, -0.1) is 6.58 Å². The van der Waals surface area contributed by atoms with Crippen molar-refractivity contribution in [2.24, 2.45) is 12.5 Å². The largest absolute Gasteiger partial charge is 0.464 e. The molecule has 0 aliphatic heterocycles. The fraction of sp³-hybridized carbons (Fsp3) is 0.550. The van der Waals surface area contributed by atoms with E-state index in [0.29, 0.717) is 22.5 Å². The fourth-order valence-corrected chi connectivity index (χ4v) is 3.06. The van der Waals surface area contributed by atoms with Crippen molar-refractivity contribution in [2.75, 3.05) is 13.7 Å². The molecule has 1 aromatic heterocycles. The zero-order valence-corrected chi connectivity index (χ0v) is 17.1. The summed E-state index contributed by atoms with van der Waals surface area (Å²) in [6.45, 7) is 14.6. The molecule has 1 amide bonds. The maximum Gasteiger partial charge on any atom is 0.354 e. The van der Waals surface area contributed by atoms with Crippen molar-refractivity contribution in [3.05, 3.63) is 35.2 Å². The summed E-state index contributed by atoms with van der Waals surface area (Å²) in [5.74, 6) is -0.823. The summed E-state index contributed by atoms with van der Waals surface area (Å²) in [5, 5.41) is 0. The Kier molecular flexibility index (Phi) is 6.58. The first-order valence-electron chi connectivity index (χ1n) is 8.60. The van der Waals surface area contributed by atoms with Gasteiger partial charge in [-0.3, -0.25) is 9.59 Å². The van der Waals surface area contributed by atoms with Gasteiger partial charge in [-0.2, -0.15) is 0 Å². The molecule has 0 spiro atoms. The number of esters is 1. The van der Waals surface area contributed by atoms with Crippen molar-refractivity contribution in [2.45, 2.75) is 47.6 Å². The summed E-state index contributed by atoms with van der Waals surface area (Å²) in [7, 11) is 3.03. The molecule has 1 heterocycles. The molecule has 0 aliphatic rings. The number of hydrogen-bond donors (Lipinski definition) is 0. The van der Waals surface area contributed by atoms with Gasteiger partial charge < -0.3 is 14.2 Å². The Balaban J connectivity index is 3.40. The summed E-state index contributed by atoms with van der Waals surface area (Å²) in [6, 6.07) is -0.676. The molecule has 0 unspecified atom stereocenters. The van der Waals surface area contributed by atoms with Crippen LogP contribution in [0.3, 0.4) is 0 Å². The highest BCUT2D eigenvalue weighted by atomic mass is 16.5. The monoisotopic (exact) mass is 362 g/mol. The summed E-state index contributed by atoms with van der Waals surface area (Å²) >= 11 is 0. The smallest absolute Gasteiger partial charge is 0.354 e. The van der Waals surface area contributed by atoms with Crippen molar-refractivity contribution in [3.8, 4) is 0 Å². The van der Waals surface area contributed by atoms with Gasteiger partial charge in [0.05, 0.1) is 13.2 Å². The van der Waals surface area contributed by atoms with Crippen molar-refractivity contribution in [1.82, 2.24) is 9.47 Å². The SMILES string of the molecule is C=CCN(C(=O)C(C)(C)C)[C@@H](C)C(=O)c1c(C)c(C(=O)OC)n(C)c1C. The molecule has 0 saturated carbocycles. The predicted molar refractivity (Wildman–Crippen MR) is 101 cm³/mol. The van der Waals surface area contributed by atoms with Crippen LogP contribution in [0.25, 0.3) is 0 Å². The number of aromatic nitrogens is 1. The number of ketones is 1. The third-order valence-corrected chi connectivity index (χ3v) is 4.63. The molecule has 1 atom stereocenters. The van der Waals surface area contributed by atoms with E-state index in [1.54, 1.807) is 38.5 Å². The lowest BCUT2D eigenvalue weighted by atomic mass is 9.92. The highest BCUT2D eigenvalue weighted by molar-refractivity contribution is 6.06. The number of carbonyl (C=O) groups is 3. The van der Waals surface area contributed by atoms with E-state index in [2.05, 4.69) is 6.58 Å². The average molecular weight is 362 g/mol. The fourth-order valence-electron chi connectivity index (χ4n) is 3.06. The van der Waals surface area contributed by atoms with Gasteiger partial charge >= 0.3 is 5.97 Å². The Morgan fingerprint density at radius 1 is 1.27 bits per heavy atom. The highest BCUT2D eigenvalue weighted by Crippen LogP contribution is 2.26. The zero-order chi connectivity index (χ0) is 20.4. The number of amides is 1. The number of nitrogens with zero attached hydrogens (tertiary/aromatic N) is 2. The van der Waals surface area contributed by atoms with Crippen LogP contribution in [0.4, 0.5) is 0 Å². The average Bonchev–Trinajstić information content (AvgIpc) is 2.78. The van der Waals surface area contributed by atoms with Gasteiger partial charge in [-0.05, 0) is 26.3 Å². The second kappa shape index (κ2) is 7.89. The number of Topliss-reactive ketones (excluding diaryl/α,β-unsaturated/α-hetero) is 1. The third-order valence-electron chi connectivity index (χ3n) is 4.63. The quantitative estimate of drug-likeness (QED) is 0.443. The maximum atomic E-state index is 13.2. The molecule has 0 fully saturated rings. The normalized spacial score (nSPS) is 12.5. The Morgan fingerprint density at radius 3 is 2.23 bits per heavy atom. The van der Waals surface area contributed by atoms with E-state index in [1.165, 1.54) is 12.0 Å². The Labute approximate surface area is 155 Å².